The number of hydrogen-bond donors (Lipinski definition) is 0. The standard InChI is InChI=1S/C13H22N2O/c1-5-15(9-11(2)3)10-13(16)12-7-6-8-14(12)4/h6-8,11H,5,9-10H2,1-4H3. The van der Waals surface area contributed by atoms with Gasteiger partial charge >= 0.3 is 0 Å². The van der Waals surface area contributed by atoms with Crippen molar-refractivity contribution in [3.63, 3.8) is 0 Å². The summed E-state index contributed by atoms with van der Waals surface area (Å²) in [4.78, 5) is 14.2. The minimum atomic E-state index is 0.204. The van der Waals surface area contributed by atoms with Gasteiger partial charge in [0.1, 0.15) is 0 Å². The van der Waals surface area contributed by atoms with Crippen molar-refractivity contribution in [1.29, 1.82) is 0 Å². The first-order valence-corrected chi connectivity index (χ1v) is 5.91. The van der Waals surface area contributed by atoms with E-state index >= 15 is 0 Å². The zero-order valence-electron chi connectivity index (χ0n) is 10.7. The van der Waals surface area contributed by atoms with E-state index in [0.29, 0.717) is 12.5 Å². The van der Waals surface area contributed by atoms with Gasteiger partial charge in [0.25, 0.3) is 0 Å². The molecule has 3 heteroatoms. The number of rotatable bonds is 6. The smallest absolute Gasteiger partial charge is 0.193 e. The molecule has 3 nitrogen and oxygen atoms in total. The van der Waals surface area contributed by atoms with E-state index in [4.69, 9.17) is 0 Å². The normalized spacial score (nSPS) is 11.4. The summed E-state index contributed by atoms with van der Waals surface area (Å²) in [5, 5.41) is 0. The Labute approximate surface area is 98.1 Å². The third-order valence-electron chi connectivity index (χ3n) is 2.67. The van der Waals surface area contributed by atoms with Crippen LogP contribution in [0.15, 0.2) is 18.3 Å². The Morgan fingerprint density at radius 2 is 2.19 bits per heavy atom. The zero-order valence-corrected chi connectivity index (χ0v) is 10.7. The van der Waals surface area contributed by atoms with E-state index in [2.05, 4.69) is 25.7 Å². The van der Waals surface area contributed by atoms with Crippen molar-refractivity contribution in [3.8, 4) is 0 Å². The average Bonchev–Trinajstić information content (AvgIpc) is 2.62. The first-order valence-electron chi connectivity index (χ1n) is 5.91. The van der Waals surface area contributed by atoms with Gasteiger partial charge < -0.3 is 4.57 Å². The molecule has 0 fully saturated rings. The molecule has 0 radical (unpaired) electrons. The number of hydrogen-bond acceptors (Lipinski definition) is 2. The summed E-state index contributed by atoms with van der Waals surface area (Å²) in [6.45, 7) is 8.87. The van der Waals surface area contributed by atoms with E-state index in [0.717, 1.165) is 18.8 Å². The van der Waals surface area contributed by atoms with Crippen LogP contribution in [0.1, 0.15) is 31.3 Å². The molecule has 0 aliphatic rings. The predicted molar refractivity (Wildman–Crippen MR) is 66.7 cm³/mol. The summed E-state index contributed by atoms with van der Waals surface area (Å²) in [5.41, 5.74) is 0.794. The van der Waals surface area contributed by atoms with E-state index in [1.54, 1.807) is 0 Å². The van der Waals surface area contributed by atoms with Gasteiger partial charge in [-0.15, -0.1) is 0 Å². The van der Waals surface area contributed by atoms with Crippen molar-refractivity contribution < 1.29 is 4.79 Å². The second kappa shape index (κ2) is 5.85. The lowest BCUT2D eigenvalue weighted by Crippen LogP contribution is -2.33. The van der Waals surface area contributed by atoms with Crippen molar-refractivity contribution in [3.05, 3.63) is 24.0 Å². The van der Waals surface area contributed by atoms with Gasteiger partial charge in [-0.2, -0.15) is 0 Å². The molecule has 0 aliphatic carbocycles. The monoisotopic (exact) mass is 222 g/mol. The lowest BCUT2D eigenvalue weighted by Gasteiger charge is -2.21. The van der Waals surface area contributed by atoms with Crippen LogP contribution in [-0.2, 0) is 7.05 Å². The van der Waals surface area contributed by atoms with Crippen molar-refractivity contribution in [2.24, 2.45) is 13.0 Å². The predicted octanol–water partition coefficient (Wildman–Crippen LogP) is 2.19. The Morgan fingerprint density at radius 3 is 2.62 bits per heavy atom. The Hall–Kier alpha value is -1.09. The molecular weight excluding hydrogens is 200 g/mol. The Balaban J connectivity index is 2.59. The fourth-order valence-electron chi connectivity index (χ4n) is 1.86. The summed E-state index contributed by atoms with van der Waals surface area (Å²) >= 11 is 0. The molecule has 0 saturated heterocycles. The summed E-state index contributed by atoms with van der Waals surface area (Å²) in [6, 6.07) is 3.79. The van der Waals surface area contributed by atoms with Crippen molar-refractivity contribution >= 4 is 5.78 Å². The number of aromatic nitrogens is 1. The molecule has 1 aromatic heterocycles. The molecular formula is C13H22N2O. The summed E-state index contributed by atoms with van der Waals surface area (Å²) in [6.07, 6.45) is 1.91. The Kier molecular flexibility index (Phi) is 4.74. The van der Waals surface area contributed by atoms with E-state index in [9.17, 15) is 4.79 Å². The molecule has 16 heavy (non-hydrogen) atoms. The zero-order chi connectivity index (χ0) is 12.1. The molecule has 0 atom stereocenters. The maximum Gasteiger partial charge on any atom is 0.193 e. The first kappa shape index (κ1) is 13.0. The lowest BCUT2D eigenvalue weighted by atomic mass is 10.2. The second-order valence-electron chi connectivity index (χ2n) is 4.65. The number of Topliss-reactive ketones (excluding diaryl/α,β-unsaturated/α-hetero) is 1. The van der Waals surface area contributed by atoms with Crippen LogP contribution in [0.2, 0.25) is 0 Å². The van der Waals surface area contributed by atoms with Crippen molar-refractivity contribution in [1.82, 2.24) is 9.47 Å². The van der Waals surface area contributed by atoms with Gasteiger partial charge in [0.15, 0.2) is 5.78 Å². The van der Waals surface area contributed by atoms with Gasteiger partial charge in [0, 0.05) is 19.8 Å². The van der Waals surface area contributed by atoms with Crippen LogP contribution in [0.3, 0.4) is 0 Å². The van der Waals surface area contributed by atoms with Crippen LogP contribution < -0.4 is 0 Å². The van der Waals surface area contributed by atoms with E-state index < -0.39 is 0 Å². The molecule has 1 aromatic rings. The van der Waals surface area contributed by atoms with Gasteiger partial charge in [0.2, 0.25) is 0 Å². The topological polar surface area (TPSA) is 25.2 Å². The van der Waals surface area contributed by atoms with E-state index in [-0.39, 0.29) is 5.78 Å². The summed E-state index contributed by atoms with van der Waals surface area (Å²) < 4.78 is 1.88. The van der Waals surface area contributed by atoms with Crippen LogP contribution in [-0.4, -0.2) is 34.9 Å². The van der Waals surface area contributed by atoms with Crippen LogP contribution in [0.5, 0.6) is 0 Å². The first-order chi connectivity index (χ1) is 7.54. The number of nitrogens with zero attached hydrogens (tertiary/aromatic N) is 2. The number of aryl methyl sites for hydroxylation is 1. The van der Waals surface area contributed by atoms with Crippen LogP contribution >= 0.6 is 0 Å². The minimum Gasteiger partial charge on any atom is -0.348 e. The van der Waals surface area contributed by atoms with Gasteiger partial charge in [0.05, 0.1) is 12.2 Å². The largest absolute Gasteiger partial charge is 0.348 e. The molecule has 0 saturated carbocycles. The fraction of sp³-hybridized carbons (Fsp3) is 0.615. The fourth-order valence-corrected chi connectivity index (χ4v) is 1.86. The number of carbonyl (C=O) groups is 1. The highest BCUT2D eigenvalue weighted by atomic mass is 16.1. The number of likely N-dealkylation sites (N-methyl/N-ethyl adjacent to an activating group) is 1. The quantitative estimate of drug-likeness (QED) is 0.689. The third kappa shape index (κ3) is 3.49. The molecule has 0 aromatic carbocycles. The molecule has 1 heterocycles. The Morgan fingerprint density at radius 1 is 1.50 bits per heavy atom. The van der Waals surface area contributed by atoms with Gasteiger partial charge in [-0.05, 0) is 24.6 Å². The highest BCUT2D eigenvalue weighted by molar-refractivity contribution is 5.96. The van der Waals surface area contributed by atoms with Crippen LogP contribution in [0.25, 0.3) is 0 Å². The highest BCUT2D eigenvalue weighted by Gasteiger charge is 2.14. The van der Waals surface area contributed by atoms with Gasteiger partial charge in [-0.3, -0.25) is 9.69 Å². The molecule has 1 rings (SSSR count). The molecule has 0 N–H and O–H groups in total. The number of ketones is 1. The number of carbonyl (C=O) groups excluding carboxylic acids is 1. The van der Waals surface area contributed by atoms with Crippen molar-refractivity contribution in [2.45, 2.75) is 20.8 Å². The average molecular weight is 222 g/mol. The molecule has 0 unspecified atom stereocenters. The highest BCUT2D eigenvalue weighted by Crippen LogP contribution is 2.04. The SMILES string of the molecule is CCN(CC(=O)c1cccn1C)CC(C)C. The molecule has 90 valence electrons. The Bertz CT molecular complexity index is 341. The molecule has 0 amide bonds. The molecule has 0 spiro atoms. The molecule has 0 aliphatic heterocycles. The minimum absolute atomic E-state index is 0.204. The molecule has 0 bridgehead atoms. The van der Waals surface area contributed by atoms with E-state index in [1.807, 2.05) is 29.9 Å². The maximum absolute atomic E-state index is 12.0. The third-order valence-corrected chi connectivity index (χ3v) is 2.67. The van der Waals surface area contributed by atoms with Crippen molar-refractivity contribution in [2.75, 3.05) is 19.6 Å². The second-order valence-corrected chi connectivity index (χ2v) is 4.65. The summed E-state index contributed by atoms with van der Waals surface area (Å²) in [5.74, 6) is 0.802. The maximum atomic E-state index is 12.0. The van der Waals surface area contributed by atoms with Crippen LogP contribution in [0.4, 0.5) is 0 Å². The van der Waals surface area contributed by atoms with Gasteiger partial charge in [-0.1, -0.05) is 20.8 Å². The van der Waals surface area contributed by atoms with E-state index in [1.165, 1.54) is 0 Å². The van der Waals surface area contributed by atoms with Crippen LogP contribution in [0, 0.1) is 5.92 Å². The lowest BCUT2D eigenvalue weighted by molar-refractivity contribution is 0.0918. The summed E-state index contributed by atoms with van der Waals surface area (Å²) in [7, 11) is 1.91. The van der Waals surface area contributed by atoms with Gasteiger partial charge in [-0.25, -0.2) is 0 Å².